The van der Waals surface area contributed by atoms with E-state index in [1.54, 1.807) is 22.8 Å². The van der Waals surface area contributed by atoms with E-state index in [-0.39, 0.29) is 0 Å². The summed E-state index contributed by atoms with van der Waals surface area (Å²) in [6.45, 7) is 4.23. The van der Waals surface area contributed by atoms with Gasteiger partial charge in [-0.1, -0.05) is 30.0 Å². The molecule has 1 aromatic carbocycles. The summed E-state index contributed by atoms with van der Waals surface area (Å²) in [4.78, 5) is 10.1. The summed E-state index contributed by atoms with van der Waals surface area (Å²) >= 11 is 1.69. The van der Waals surface area contributed by atoms with Gasteiger partial charge in [0.1, 0.15) is 0 Å². The SMILES string of the molecule is C[C@@H](CSc1nnnn1-c1ccccc1)N1CCc2nc[nH]c2C1. The second-order valence-electron chi connectivity index (χ2n) is 5.92. The van der Waals surface area contributed by atoms with Crippen molar-refractivity contribution in [2.24, 2.45) is 0 Å². The number of benzene rings is 1. The highest BCUT2D eigenvalue weighted by Crippen LogP contribution is 2.23. The molecule has 24 heavy (non-hydrogen) atoms. The van der Waals surface area contributed by atoms with Crippen molar-refractivity contribution in [2.75, 3.05) is 12.3 Å². The van der Waals surface area contributed by atoms with E-state index in [0.717, 1.165) is 36.1 Å². The fourth-order valence-corrected chi connectivity index (χ4v) is 3.87. The number of rotatable bonds is 5. The third-order valence-corrected chi connectivity index (χ3v) is 5.49. The lowest BCUT2D eigenvalue weighted by atomic mass is 10.1. The molecule has 1 aliphatic heterocycles. The number of H-pyrrole nitrogens is 1. The molecule has 124 valence electrons. The van der Waals surface area contributed by atoms with E-state index < -0.39 is 0 Å². The van der Waals surface area contributed by atoms with E-state index in [4.69, 9.17) is 0 Å². The molecule has 0 saturated heterocycles. The van der Waals surface area contributed by atoms with E-state index in [1.807, 2.05) is 30.3 Å². The molecule has 0 radical (unpaired) electrons. The van der Waals surface area contributed by atoms with Crippen molar-refractivity contribution < 1.29 is 0 Å². The van der Waals surface area contributed by atoms with Gasteiger partial charge in [-0.2, -0.15) is 4.68 Å². The molecule has 1 N–H and O–H groups in total. The van der Waals surface area contributed by atoms with Crippen LogP contribution in [-0.4, -0.2) is 53.4 Å². The predicted molar refractivity (Wildman–Crippen MR) is 92.0 cm³/mol. The zero-order valence-electron chi connectivity index (χ0n) is 13.5. The van der Waals surface area contributed by atoms with E-state index in [0.29, 0.717) is 6.04 Å². The van der Waals surface area contributed by atoms with E-state index in [2.05, 4.69) is 37.3 Å². The van der Waals surface area contributed by atoms with E-state index in [1.165, 1.54) is 11.4 Å². The van der Waals surface area contributed by atoms with Gasteiger partial charge >= 0.3 is 0 Å². The van der Waals surface area contributed by atoms with Crippen LogP contribution in [0.1, 0.15) is 18.3 Å². The molecule has 0 fully saturated rings. The summed E-state index contributed by atoms with van der Waals surface area (Å²) < 4.78 is 1.79. The Morgan fingerprint density at radius 2 is 2.17 bits per heavy atom. The number of nitrogens with zero attached hydrogens (tertiary/aromatic N) is 6. The van der Waals surface area contributed by atoms with Crippen LogP contribution in [0, 0.1) is 0 Å². The van der Waals surface area contributed by atoms with Crippen LogP contribution in [0.5, 0.6) is 0 Å². The Morgan fingerprint density at radius 3 is 3.04 bits per heavy atom. The quantitative estimate of drug-likeness (QED) is 0.715. The maximum Gasteiger partial charge on any atom is 0.214 e. The Balaban J connectivity index is 1.40. The second kappa shape index (κ2) is 6.74. The maximum atomic E-state index is 4.37. The molecule has 3 aromatic rings. The first-order valence-corrected chi connectivity index (χ1v) is 9.01. The molecule has 1 aliphatic rings. The maximum absolute atomic E-state index is 4.37. The zero-order valence-corrected chi connectivity index (χ0v) is 14.3. The minimum Gasteiger partial charge on any atom is -0.347 e. The third kappa shape index (κ3) is 3.07. The van der Waals surface area contributed by atoms with Crippen LogP contribution >= 0.6 is 11.8 Å². The lowest BCUT2D eigenvalue weighted by Gasteiger charge is -2.31. The summed E-state index contributed by atoms with van der Waals surface area (Å²) in [5, 5.41) is 12.9. The summed E-state index contributed by atoms with van der Waals surface area (Å²) in [6.07, 6.45) is 2.80. The molecule has 3 heterocycles. The van der Waals surface area contributed by atoms with Gasteiger partial charge in [-0.3, -0.25) is 4.90 Å². The van der Waals surface area contributed by atoms with Gasteiger partial charge in [-0.25, -0.2) is 4.98 Å². The Morgan fingerprint density at radius 1 is 1.29 bits per heavy atom. The summed E-state index contributed by atoms with van der Waals surface area (Å²) in [5.41, 5.74) is 3.43. The molecule has 7 nitrogen and oxygen atoms in total. The second-order valence-corrected chi connectivity index (χ2v) is 6.90. The van der Waals surface area contributed by atoms with E-state index >= 15 is 0 Å². The number of thioether (sulfide) groups is 1. The van der Waals surface area contributed by atoms with Crippen LogP contribution in [0.3, 0.4) is 0 Å². The number of para-hydroxylation sites is 1. The number of nitrogens with one attached hydrogen (secondary N) is 1. The highest BCUT2D eigenvalue weighted by Gasteiger charge is 2.23. The number of imidazole rings is 1. The molecule has 0 aliphatic carbocycles. The highest BCUT2D eigenvalue weighted by molar-refractivity contribution is 7.99. The van der Waals surface area contributed by atoms with Crippen LogP contribution in [0.2, 0.25) is 0 Å². The van der Waals surface area contributed by atoms with Crippen molar-refractivity contribution in [1.29, 1.82) is 0 Å². The van der Waals surface area contributed by atoms with Crippen molar-refractivity contribution in [1.82, 2.24) is 35.1 Å². The van der Waals surface area contributed by atoms with Crippen molar-refractivity contribution in [2.45, 2.75) is 31.1 Å². The summed E-state index contributed by atoms with van der Waals surface area (Å²) in [5.74, 6) is 0.941. The van der Waals surface area contributed by atoms with Crippen molar-refractivity contribution >= 4 is 11.8 Å². The molecule has 0 amide bonds. The molecule has 0 bridgehead atoms. The molecule has 1 atom stereocenters. The van der Waals surface area contributed by atoms with Gasteiger partial charge < -0.3 is 4.98 Å². The van der Waals surface area contributed by atoms with E-state index in [9.17, 15) is 0 Å². The van der Waals surface area contributed by atoms with Gasteiger partial charge in [-0.15, -0.1) is 5.10 Å². The molecule has 2 aromatic heterocycles. The third-order valence-electron chi connectivity index (χ3n) is 4.32. The van der Waals surface area contributed by atoms with Gasteiger partial charge in [0.05, 0.1) is 23.4 Å². The van der Waals surface area contributed by atoms with Crippen LogP contribution < -0.4 is 0 Å². The number of aromatic amines is 1. The fourth-order valence-electron chi connectivity index (χ4n) is 2.91. The minimum absolute atomic E-state index is 0.437. The first kappa shape index (κ1) is 15.3. The number of aromatic nitrogens is 6. The Bertz CT molecular complexity index is 798. The number of tetrazole rings is 1. The van der Waals surface area contributed by atoms with Crippen molar-refractivity contribution in [3.05, 3.63) is 48.0 Å². The average molecular weight is 341 g/mol. The largest absolute Gasteiger partial charge is 0.347 e. The molecular weight excluding hydrogens is 322 g/mol. The van der Waals surface area contributed by atoms with Crippen LogP contribution in [0.25, 0.3) is 5.69 Å². The van der Waals surface area contributed by atoms with Crippen LogP contribution in [0.4, 0.5) is 0 Å². The lowest BCUT2D eigenvalue weighted by molar-refractivity contribution is 0.203. The first-order chi connectivity index (χ1) is 11.8. The summed E-state index contributed by atoms with van der Waals surface area (Å²) in [6, 6.07) is 10.4. The first-order valence-electron chi connectivity index (χ1n) is 8.03. The zero-order chi connectivity index (χ0) is 16.4. The summed E-state index contributed by atoms with van der Waals surface area (Å²) in [7, 11) is 0. The Labute approximate surface area is 144 Å². The normalized spacial score (nSPS) is 16.0. The lowest BCUT2D eigenvalue weighted by Crippen LogP contribution is -2.39. The molecule has 8 heteroatoms. The molecule has 0 unspecified atom stereocenters. The fraction of sp³-hybridized carbons (Fsp3) is 0.375. The van der Waals surface area contributed by atoms with Gasteiger partial charge in [0.25, 0.3) is 0 Å². The van der Waals surface area contributed by atoms with Crippen molar-refractivity contribution in [3.8, 4) is 5.69 Å². The van der Waals surface area contributed by atoms with Crippen molar-refractivity contribution in [3.63, 3.8) is 0 Å². The van der Waals surface area contributed by atoms with Gasteiger partial charge in [0.2, 0.25) is 5.16 Å². The smallest absolute Gasteiger partial charge is 0.214 e. The molecule has 0 saturated carbocycles. The molecule has 0 spiro atoms. The molecular formula is C16H19N7S. The number of hydrogen-bond donors (Lipinski definition) is 1. The Hall–Kier alpha value is -2.19. The van der Waals surface area contributed by atoms with Crippen LogP contribution in [0.15, 0.2) is 41.8 Å². The Kier molecular flexibility index (Phi) is 4.31. The predicted octanol–water partition coefficient (Wildman–Crippen LogP) is 1.92. The minimum atomic E-state index is 0.437. The highest BCUT2D eigenvalue weighted by atomic mass is 32.2. The van der Waals surface area contributed by atoms with Crippen LogP contribution in [-0.2, 0) is 13.0 Å². The number of hydrogen-bond acceptors (Lipinski definition) is 6. The molecule has 4 rings (SSSR count). The van der Waals surface area contributed by atoms with Gasteiger partial charge in [0.15, 0.2) is 0 Å². The van der Waals surface area contributed by atoms with Gasteiger partial charge in [-0.05, 0) is 29.5 Å². The standard InChI is InChI=1S/C16H19N7S/c1-12(22-8-7-14-15(9-22)18-11-17-14)10-24-16-19-20-21-23(16)13-5-3-2-4-6-13/h2-6,11-12H,7-10H2,1H3,(H,17,18)/t12-/m0/s1. The topological polar surface area (TPSA) is 75.5 Å². The van der Waals surface area contributed by atoms with Gasteiger partial charge in [0, 0.05) is 31.3 Å². The number of fused-ring (bicyclic) bond motifs is 1. The monoisotopic (exact) mass is 341 g/mol. The average Bonchev–Trinajstić information content (AvgIpc) is 3.28.